The topological polar surface area (TPSA) is 80.3 Å². The van der Waals surface area contributed by atoms with E-state index in [9.17, 15) is 8.42 Å². The van der Waals surface area contributed by atoms with Gasteiger partial charge in [0.25, 0.3) is 10.0 Å². The summed E-state index contributed by atoms with van der Waals surface area (Å²) in [7, 11) is -3.79. The van der Waals surface area contributed by atoms with Gasteiger partial charge in [-0.15, -0.1) is 0 Å². The molecule has 1 heterocycles. The molecule has 0 bridgehead atoms. The first-order chi connectivity index (χ1) is 13.4. The summed E-state index contributed by atoms with van der Waals surface area (Å²) in [4.78, 5) is 3.99. The SMILES string of the molecule is Cc1cc(NS(=O)(=O)c2ccccc2Cl)cc(OCCNc2ccncc2)c1. The van der Waals surface area contributed by atoms with E-state index in [1.165, 1.54) is 12.1 Å². The van der Waals surface area contributed by atoms with Crippen LogP contribution in [0.5, 0.6) is 5.75 Å². The standard InChI is InChI=1S/C20H20ClN3O3S/c1-15-12-17(24-28(25,26)20-5-3-2-4-19(20)21)14-18(13-15)27-11-10-23-16-6-8-22-9-7-16/h2-9,12-14,24H,10-11H2,1H3,(H,22,23). The average Bonchev–Trinajstić information content (AvgIpc) is 2.65. The Hall–Kier alpha value is -2.77. The fourth-order valence-corrected chi connectivity index (χ4v) is 4.16. The first kappa shape index (κ1) is 20.0. The molecule has 0 radical (unpaired) electrons. The van der Waals surface area contributed by atoms with Gasteiger partial charge in [-0.1, -0.05) is 23.7 Å². The molecule has 0 unspecified atom stereocenters. The lowest BCUT2D eigenvalue weighted by atomic mass is 10.2. The first-order valence-corrected chi connectivity index (χ1v) is 10.5. The molecule has 0 amide bonds. The van der Waals surface area contributed by atoms with Gasteiger partial charge in [0.05, 0.1) is 10.7 Å². The number of anilines is 2. The molecular weight excluding hydrogens is 398 g/mol. The number of benzene rings is 2. The minimum absolute atomic E-state index is 0.0298. The van der Waals surface area contributed by atoms with Gasteiger partial charge >= 0.3 is 0 Å². The number of hydrogen-bond donors (Lipinski definition) is 2. The maximum atomic E-state index is 12.6. The van der Waals surface area contributed by atoms with Crippen LogP contribution in [-0.2, 0) is 10.0 Å². The molecule has 146 valence electrons. The Labute approximate surface area is 169 Å². The molecule has 3 aromatic rings. The second kappa shape index (κ2) is 8.95. The molecule has 0 aliphatic rings. The number of sulfonamides is 1. The largest absolute Gasteiger partial charge is 0.492 e. The zero-order chi connectivity index (χ0) is 20.0. The Morgan fingerprint density at radius 2 is 1.79 bits per heavy atom. The normalized spacial score (nSPS) is 11.1. The van der Waals surface area contributed by atoms with Crippen LogP contribution in [0, 0.1) is 6.92 Å². The molecule has 28 heavy (non-hydrogen) atoms. The lowest BCUT2D eigenvalue weighted by Crippen LogP contribution is -2.14. The minimum atomic E-state index is -3.79. The third kappa shape index (κ3) is 5.37. The van der Waals surface area contributed by atoms with Gasteiger partial charge in [0.1, 0.15) is 17.3 Å². The van der Waals surface area contributed by atoms with Crippen LogP contribution in [0.25, 0.3) is 0 Å². The van der Waals surface area contributed by atoms with Crippen molar-refractivity contribution < 1.29 is 13.2 Å². The molecule has 2 N–H and O–H groups in total. The number of aryl methyl sites for hydroxylation is 1. The molecule has 0 aliphatic heterocycles. The van der Waals surface area contributed by atoms with E-state index in [4.69, 9.17) is 16.3 Å². The van der Waals surface area contributed by atoms with Crippen LogP contribution in [0.15, 0.2) is 71.9 Å². The van der Waals surface area contributed by atoms with E-state index in [0.717, 1.165) is 11.3 Å². The fourth-order valence-electron chi connectivity index (χ4n) is 2.60. The van der Waals surface area contributed by atoms with E-state index < -0.39 is 10.0 Å². The minimum Gasteiger partial charge on any atom is -0.492 e. The number of nitrogens with zero attached hydrogens (tertiary/aromatic N) is 1. The average molecular weight is 418 g/mol. The van der Waals surface area contributed by atoms with Crippen molar-refractivity contribution in [2.45, 2.75) is 11.8 Å². The van der Waals surface area contributed by atoms with Crippen LogP contribution in [-0.4, -0.2) is 26.6 Å². The molecule has 1 aromatic heterocycles. The fraction of sp³-hybridized carbons (Fsp3) is 0.150. The maximum absolute atomic E-state index is 12.6. The molecular formula is C20H20ClN3O3S. The molecule has 0 saturated carbocycles. The highest BCUT2D eigenvalue weighted by Crippen LogP contribution is 2.26. The molecule has 0 atom stereocenters. The first-order valence-electron chi connectivity index (χ1n) is 8.60. The van der Waals surface area contributed by atoms with Gasteiger partial charge < -0.3 is 10.1 Å². The van der Waals surface area contributed by atoms with Gasteiger partial charge in [-0.3, -0.25) is 9.71 Å². The highest BCUT2D eigenvalue weighted by Gasteiger charge is 2.18. The Morgan fingerprint density at radius 1 is 1.04 bits per heavy atom. The van der Waals surface area contributed by atoms with Gasteiger partial charge in [-0.05, 0) is 48.9 Å². The van der Waals surface area contributed by atoms with Crippen molar-refractivity contribution >= 4 is 33.0 Å². The van der Waals surface area contributed by atoms with Crippen LogP contribution in [0.2, 0.25) is 5.02 Å². The second-order valence-corrected chi connectivity index (χ2v) is 8.14. The molecule has 0 fully saturated rings. The molecule has 3 rings (SSSR count). The third-order valence-corrected chi connectivity index (χ3v) is 5.69. The predicted octanol–water partition coefficient (Wildman–Crippen LogP) is 4.34. The zero-order valence-corrected chi connectivity index (χ0v) is 16.8. The molecule has 0 saturated heterocycles. The van der Waals surface area contributed by atoms with Crippen LogP contribution in [0.3, 0.4) is 0 Å². The number of halogens is 1. The summed E-state index contributed by atoms with van der Waals surface area (Å²) < 4.78 is 33.5. The summed E-state index contributed by atoms with van der Waals surface area (Å²) in [5.41, 5.74) is 2.24. The van der Waals surface area contributed by atoms with Crippen LogP contribution < -0.4 is 14.8 Å². The van der Waals surface area contributed by atoms with Crippen molar-refractivity contribution in [2.75, 3.05) is 23.2 Å². The van der Waals surface area contributed by atoms with E-state index in [0.29, 0.717) is 24.6 Å². The number of hydrogen-bond acceptors (Lipinski definition) is 5. The highest BCUT2D eigenvalue weighted by atomic mass is 35.5. The number of pyridine rings is 1. The number of rotatable bonds is 8. The van der Waals surface area contributed by atoms with Crippen molar-refractivity contribution in [3.8, 4) is 5.75 Å². The zero-order valence-electron chi connectivity index (χ0n) is 15.2. The van der Waals surface area contributed by atoms with E-state index in [-0.39, 0.29) is 9.92 Å². The van der Waals surface area contributed by atoms with E-state index in [2.05, 4.69) is 15.0 Å². The third-order valence-electron chi connectivity index (χ3n) is 3.81. The van der Waals surface area contributed by atoms with Crippen LogP contribution in [0.4, 0.5) is 11.4 Å². The number of aromatic nitrogens is 1. The monoisotopic (exact) mass is 417 g/mol. The van der Waals surface area contributed by atoms with Crippen LogP contribution >= 0.6 is 11.6 Å². The van der Waals surface area contributed by atoms with Crippen molar-refractivity contribution in [2.24, 2.45) is 0 Å². The van der Waals surface area contributed by atoms with Gasteiger partial charge in [-0.25, -0.2) is 8.42 Å². The summed E-state index contributed by atoms with van der Waals surface area (Å²) in [5, 5.41) is 3.39. The maximum Gasteiger partial charge on any atom is 0.263 e. The lowest BCUT2D eigenvalue weighted by Gasteiger charge is -2.13. The molecule has 6 nitrogen and oxygen atoms in total. The van der Waals surface area contributed by atoms with Crippen molar-refractivity contribution in [1.29, 1.82) is 0 Å². The number of nitrogens with one attached hydrogen (secondary N) is 2. The Bertz CT molecular complexity index is 1040. The summed E-state index contributed by atoms with van der Waals surface area (Å²) in [6.07, 6.45) is 3.42. The predicted molar refractivity (Wildman–Crippen MR) is 112 cm³/mol. The Morgan fingerprint density at radius 3 is 2.54 bits per heavy atom. The molecule has 8 heteroatoms. The smallest absolute Gasteiger partial charge is 0.263 e. The Kier molecular flexibility index (Phi) is 6.38. The summed E-state index contributed by atoms with van der Waals surface area (Å²) >= 11 is 6.02. The molecule has 0 spiro atoms. The summed E-state index contributed by atoms with van der Waals surface area (Å²) in [5.74, 6) is 0.577. The Balaban J connectivity index is 1.65. The van der Waals surface area contributed by atoms with Gasteiger partial charge in [0, 0.05) is 30.7 Å². The van der Waals surface area contributed by atoms with E-state index in [1.54, 1.807) is 36.7 Å². The molecule has 0 aliphatic carbocycles. The summed E-state index contributed by atoms with van der Waals surface area (Å²) in [6.45, 7) is 2.89. The highest BCUT2D eigenvalue weighted by molar-refractivity contribution is 7.92. The summed E-state index contributed by atoms with van der Waals surface area (Å²) in [6, 6.07) is 15.3. The second-order valence-electron chi connectivity index (χ2n) is 6.08. The lowest BCUT2D eigenvalue weighted by molar-refractivity contribution is 0.333. The van der Waals surface area contributed by atoms with Gasteiger partial charge in [0.15, 0.2) is 0 Å². The van der Waals surface area contributed by atoms with E-state index >= 15 is 0 Å². The van der Waals surface area contributed by atoms with Crippen molar-refractivity contribution in [3.05, 3.63) is 77.6 Å². The quantitative estimate of drug-likeness (QED) is 0.533. The van der Waals surface area contributed by atoms with Crippen molar-refractivity contribution in [3.63, 3.8) is 0 Å². The van der Waals surface area contributed by atoms with Gasteiger partial charge in [0.2, 0.25) is 0 Å². The molecule has 2 aromatic carbocycles. The van der Waals surface area contributed by atoms with Crippen LogP contribution in [0.1, 0.15) is 5.56 Å². The number of ether oxygens (including phenoxy) is 1. The van der Waals surface area contributed by atoms with Crippen molar-refractivity contribution in [1.82, 2.24) is 4.98 Å². The van der Waals surface area contributed by atoms with Gasteiger partial charge in [-0.2, -0.15) is 0 Å². The van der Waals surface area contributed by atoms with E-state index in [1.807, 2.05) is 25.1 Å².